The molecule has 0 saturated heterocycles. The Kier molecular flexibility index (Phi) is 4.49. The van der Waals surface area contributed by atoms with Crippen LogP contribution in [0.25, 0.3) is 0 Å². The van der Waals surface area contributed by atoms with Crippen molar-refractivity contribution in [3.8, 4) is 6.07 Å². The summed E-state index contributed by atoms with van der Waals surface area (Å²) >= 11 is 1.91. The predicted octanol–water partition coefficient (Wildman–Crippen LogP) is 1.77. The van der Waals surface area contributed by atoms with Gasteiger partial charge in [0, 0.05) is 6.04 Å². The van der Waals surface area contributed by atoms with Crippen molar-refractivity contribution < 1.29 is 0 Å². The zero-order valence-electron chi connectivity index (χ0n) is 7.55. The van der Waals surface area contributed by atoms with Crippen molar-refractivity contribution in [2.45, 2.75) is 38.3 Å². The predicted molar refractivity (Wildman–Crippen MR) is 53.2 cm³/mol. The van der Waals surface area contributed by atoms with E-state index in [1.54, 1.807) is 0 Å². The number of hydrogen-bond acceptors (Lipinski definition) is 3. The van der Waals surface area contributed by atoms with E-state index >= 15 is 0 Å². The molecule has 68 valence electrons. The fraction of sp³-hybridized carbons (Fsp3) is 0.889. The maximum absolute atomic E-state index is 8.78. The number of rotatable bonds is 6. The van der Waals surface area contributed by atoms with Crippen LogP contribution in [0.5, 0.6) is 0 Å². The van der Waals surface area contributed by atoms with E-state index in [0.717, 1.165) is 17.9 Å². The number of thioether (sulfide) groups is 1. The van der Waals surface area contributed by atoms with Gasteiger partial charge in [0.05, 0.1) is 12.1 Å². The lowest BCUT2D eigenvalue weighted by Gasteiger charge is -2.09. The van der Waals surface area contributed by atoms with Gasteiger partial charge in [-0.3, -0.25) is 5.32 Å². The van der Waals surface area contributed by atoms with Crippen LogP contribution in [-0.4, -0.2) is 23.6 Å². The third-order valence-corrected chi connectivity index (χ3v) is 2.86. The molecule has 0 aromatic carbocycles. The van der Waals surface area contributed by atoms with Gasteiger partial charge in [-0.05, 0) is 30.8 Å². The van der Waals surface area contributed by atoms with Gasteiger partial charge in [-0.25, -0.2) is 0 Å². The maximum Gasteiger partial charge on any atom is 0.0963 e. The quantitative estimate of drug-likeness (QED) is 0.639. The highest BCUT2D eigenvalue weighted by molar-refractivity contribution is 7.99. The SMILES string of the molecule is CCSCCC(C#N)NC1CC1. The molecule has 1 aliphatic rings. The summed E-state index contributed by atoms with van der Waals surface area (Å²) in [5, 5.41) is 12.1. The molecule has 0 aromatic rings. The first-order valence-corrected chi connectivity index (χ1v) is 5.75. The molecule has 0 heterocycles. The van der Waals surface area contributed by atoms with Crippen LogP contribution >= 0.6 is 11.8 Å². The maximum atomic E-state index is 8.78. The Morgan fingerprint density at radius 3 is 2.92 bits per heavy atom. The third-order valence-electron chi connectivity index (χ3n) is 1.93. The van der Waals surface area contributed by atoms with Crippen LogP contribution < -0.4 is 5.32 Å². The fourth-order valence-corrected chi connectivity index (χ4v) is 1.76. The molecule has 2 nitrogen and oxygen atoms in total. The van der Waals surface area contributed by atoms with E-state index in [1.165, 1.54) is 12.8 Å². The number of nitriles is 1. The van der Waals surface area contributed by atoms with E-state index < -0.39 is 0 Å². The van der Waals surface area contributed by atoms with E-state index in [1.807, 2.05) is 11.8 Å². The molecule has 3 heteroatoms. The normalized spacial score (nSPS) is 18.7. The Balaban J connectivity index is 2.04. The Morgan fingerprint density at radius 1 is 1.67 bits per heavy atom. The summed E-state index contributed by atoms with van der Waals surface area (Å²) in [7, 11) is 0. The number of nitrogens with one attached hydrogen (secondary N) is 1. The first-order chi connectivity index (χ1) is 5.86. The summed E-state index contributed by atoms with van der Waals surface area (Å²) < 4.78 is 0. The molecule has 1 unspecified atom stereocenters. The summed E-state index contributed by atoms with van der Waals surface area (Å²) in [6, 6.07) is 3.06. The second-order valence-corrected chi connectivity index (χ2v) is 4.50. The van der Waals surface area contributed by atoms with Gasteiger partial charge >= 0.3 is 0 Å². The molecule has 0 aromatic heterocycles. The Hall–Kier alpha value is -0.200. The van der Waals surface area contributed by atoms with Crippen molar-refractivity contribution in [3.05, 3.63) is 0 Å². The van der Waals surface area contributed by atoms with E-state index in [0.29, 0.717) is 6.04 Å². The summed E-state index contributed by atoms with van der Waals surface area (Å²) in [5.41, 5.74) is 0. The van der Waals surface area contributed by atoms with E-state index in [2.05, 4.69) is 18.3 Å². The number of hydrogen-bond donors (Lipinski definition) is 1. The summed E-state index contributed by atoms with van der Waals surface area (Å²) in [6.45, 7) is 2.15. The Labute approximate surface area is 78.7 Å². The smallest absolute Gasteiger partial charge is 0.0963 e. The average Bonchev–Trinajstić information content (AvgIpc) is 2.87. The third kappa shape index (κ3) is 3.99. The lowest BCUT2D eigenvalue weighted by atomic mass is 10.2. The van der Waals surface area contributed by atoms with Crippen LogP contribution in [0.3, 0.4) is 0 Å². The van der Waals surface area contributed by atoms with Crippen molar-refractivity contribution >= 4 is 11.8 Å². The molecular weight excluding hydrogens is 168 g/mol. The summed E-state index contributed by atoms with van der Waals surface area (Å²) in [5.74, 6) is 2.26. The van der Waals surface area contributed by atoms with Crippen LogP contribution in [0.4, 0.5) is 0 Å². The summed E-state index contributed by atoms with van der Waals surface area (Å²) in [4.78, 5) is 0. The lowest BCUT2D eigenvalue weighted by molar-refractivity contribution is 0.587. The summed E-state index contributed by atoms with van der Waals surface area (Å²) in [6.07, 6.45) is 3.52. The second-order valence-electron chi connectivity index (χ2n) is 3.11. The standard InChI is InChI=1S/C9H16N2S/c1-2-12-6-5-9(7-10)11-8-3-4-8/h8-9,11H,2-6H2,1H3. The first kappa shape index (κ1) is 9.88. The molecule has 0 radical (unpaired) electrons. The minimum absolute atomic E-state index is 0.0940. The largest absolute Gasteiger partial charge is 0.299 e. The zero-order valence-corrected chi connectivity index (χ0v) is 8.36. The highest BCUT2D eigenvalue weighted by Gasteiger charge is 2.23. The molecule has 0 spiro atoms. The average molecular weight is 184 g/mol. The Bertz CT molecular complexity index is 160. The van der Waals surface area contributed by atoms with E-state index in [-0.39, 0.29) is 6.04 Å². The van der Waals surface area contributed by atoms with Gasteiger partial charge in [-0.15, -0.1) is 0 Å². The topological polar surface area (TPSA) is 35.8 Å². The van der Waals surface area contributed by atoms with Gasteiger partial charge in [-0.2, -0.15) is 17.0 Å². The van der Waals surface area contributed by atoms with Gasteiger partial charge in [0.1, 0.15) is 0 Å². The van der Waals surface area contributed by atoms with Crippen LogP contribution in [0.15, 0.2) is 0 Å². The molecule has 0 aliphatic heterocycles. The number of nitrogens with zero attached hydrogens (tertiary/aromatic N) is 1. The zero-order chi connectivity index (χ0) is 8.81. The Morgan fingerprint density at radius 2 is 2.42 bits per heavy atom. The van der Waals surface area contributed by atoms with Gasteiger partial charge in [0.15, 0.2) is 0 Å². The molecule has 1 aliphatic carbocycles. The van der Waals surface area contributed by atoms with Gasteiger partial charge in [0.25, 0.3) is 0 Å². The molecule has 1 saturated carbocycles. The van der Waals surface area contributed by atoms with Crippen LogP contribution in [-0.2, 0) is 0 Å². The van der Waals surface area contributed by atoms with Crippen LogP contribution in [0.2, 0.25) is 0 Å². The second kappa shape index (κ2) is 5.45. The van der Waals surface area contributed by atoms with Crippen molar-refractivity contribution in [1.29, 1.82) is 5.26 Å². The molecular formula is C9H16N2S. The molecule has 1 fully saturated rings. The minimum Gasteiger partial charge on any atom is -0.299 e. The van der Waals surface area contributed by atoms with Crippen molar-refractivity contribution in [1.82, 2.24) is 5.32 Å². The van der Waals surface area contributed by atoms with Crippen LogP contribution in [0.1, 0.15) is 26.2 Å². The minimum atomic E-state index is 0.0940. The molecule has 0 amide bonds. The first-order valence-electron chi connectivity index (χ1n) is 4.60. The molecule has 0 bridgehead atoms. The lowest BCUT2D eigenvalue weighted by Crippen LogP contribution is -2.29. The van der Waals surface area contributed by atoms with E-state index in [9.17, 15) is 0 Å². The fourth-order valence-electron chi connectivity index (χ4n) is 1.07. The highest BCUT2D eigenvalue weighted by Crippen LogP contribution is 2.20. The molecule has 1 rings (SSSR count). The van der Waals surface area contributed by atoms with Crippen molar-refractivity contribution in [2.75, 3.05) is 11.5 Å². The molecule has 12 heavy (non-hydrogen) atoms. The van der Waals surface area contributed by atoms with Gasteiger partial charge < -0.3 is 0 Å². The van der Waals surface area contributed by atoms with Crippen molar-refractivity contribution in [2.24, 2.45) is 0 Å². The van der Waals surface area contributed by atoms with Crippen LogP contribution in [0, 0.1) is 11.3 Å². The van der Waals surface area contributed by atoms with Gasteiger partial charge in [0.2, 0.25) is 0 Å². The van der Waals surface area contributed by atoms with Crippen molar-refractivity contribution in [3.63, 3.8) is 0 Å². The molecule has 1 atom stereocenters. The highest BCUT2D eigenvalue weighted by atomic mass is 32.2. The molecule has 1 N–H and O–H groups in total. The monoisotopic (exact) mass is 184 g/mol. The van der Waals surface area contributed by atoms with E-state index in [4.69, 9.17) is 5.26 Å². The van der Waals surface area contributed by atoms with Gasteiger partial charge in [-0.1, -0.05) is 6.92 Å².